The molecule has 0 spiro atoms. The van der Waals surface area contributed by atoms with Crippen molar-refractivity contribution < 1.29 is 4.74 Å². The molecule has 1 aliphatic heterocycles. The molecule has 0 amide bonds. The zero-order chi connectivity index (χ0) is 16.4. The van der Waals surface area contributed by atoms with Crippen molar-refractivity contribution in [2.45, 2.75) is 32.9 Å². The maximum atomic E-state index is 4.25. The van der Waals surface area contributed by atoms with Gasteiger partial charge in [-0.05, 0) is 30.2 Å². The molecule has 1 aliphatic rings. The van der Waals surface area contributed by atoms with Crippen molar-refractivity contribution >= 4 is 0 Å². The highest BCUT2D eigenvalue weighted by molar-refractivity contribution is 5.35. The summed E-state index contributed by atoms with van der Waals surface area (Å²) in [5.74, 6) is 0. The van der Waals surface area contributed by atoms with Crippen LogP contribution in [0.15, 0.2) is 54.6 Å². The minimum atomic E-state index is 0.536. The first-order valence-corrected chi connectivity index (χ1v) is 7.98. The third-order valence-corrected chi connectivity index (χ3v) is 3.64. The third-order valence-electron chi connectivity index (χ3n) is 3.64. The van der Waals surface area contributed by atoms with Gasteiger partial charge in [-0.2, -0.15) is 0 Å². The van der Waals surface area contributed by atoms with Gasteiger partial charge < -0.3 is 4.74 Å². The first-order chi connectivity index (χ1) is 10.8. The van der Waals surface area contributed by atoms with Gasteiger partial charge in [0, 0.05) is 26.8 Å². The SMILES string of the molecule is CC.CN1Cc2ccccc2C1Cc1ccccc1.COC. The minimum Gasteiger partial charge on any atom is -0.388 e. The summed E-state index contributed by atoms with van der Waals surface area (Å²) in [6.07, 6.45) is 1.11. The van der Waals surface area contributed by atoms with Crippen LogP contribution < -0.4 is 0 Å². The van der Waals surface area contributed by atoms with Gasteiger partial charge in [-0.25, -0.2) is 0 Å². The quantitative estimate of drug-likeness (QED) is 0.796. The average Bonchev–Trinajstić information content (AvgIpc) is 2.87. The van der Waals surface area contributed by atoms with Gasteiger partial charge in [-0.1, -0.05) is 68.4 Å². The van der Waals surface area contributed by atoms with E-state index in [1.165, 1.54) is 16.7 Å². The lowest BCUT2D eigenvalue weighted by Crippen LogP contribution is -2.18. The molecule has 3 rings (SSSR count). The van der Waals surface area contributed by atoms with E-state index in [0.717, 1.165) is 13.0 Å². The number of nitrogens with zero attached hydrogens (tertiary/aromatic N) is 1. The molecule has 0 aromatic heterocycles. The summed E-state index contributed by atoms with van der Waals surface area (Å²) in [7, 11) is 5.47. The summed E-state index contributed by atoms with van der Waals surface area (Å²) in [5.41, 5.74) is 4.40. The lowest BCUT2D eigenvalue weighted by atomic mass is 9.98. The number of ether oxygens (including phenoxy) is 1. The first kappa shape index (κ1) is 18.4. The summed E-state index contributed by atoms with van der Waals surface area (Å²) < 4.78 is 4.25. The Morgan fingerprint density at radius 2 is 1.50 bits per heavy atom. The fourth-order valence-electron chi connectivity index (χ4n) is 2.72. The van der Waals surface area contributed by atoms with Gasteiger partial charge in [0.1, 0.15) is 0 Å². The van der Waals surface area contributed by atoms with Crippen LogP contribution in [0.4, 0.5) is 0 Å². The van der Waals surface area contributed by atoms with Crippen LogP contribution in [0.3, 0.4) is 0 Å². The van der Waals surface area contributed by atoms with Crippen LogP contribution in [0.2, 0.25) is 0 Å². The molecule has 0 saturated carbocycles. The Hall–Kier alpha value is -1.64. The van der Waals surface area contributed by atoms with Crippen molar-refractivity contribution in [2.75, 3.05) is 21.3 Å². The van der Waals surface area contributed by atoms with E-state index in [1.54, 1.807) is 14.2 Å². The van der Waals surface area contributed by atoms with E-state index < -0.39 is 0 Å². The Balaban J connectivity index is 0.000000435. The topological polar surface area (TPSA) is 12.5 Å². The number of hydrogen-bond acceptors (Lipinski definition) is 2. The number of hydrogen-bond donors (Lipinski definition) is 0. The van der Waals surface area contributed by atoms with Gasteiger partial charge in [0.25, 0.3) is 0 Å². The Morgan fingerprint density at radius 1 is 0.955 bits per heavy atom. The van der Waals surface area contributed by atoms with E-state index >= 15 is 0 Å². The monoisotopic (exact) mass is 299 g/mol. The molecule has 2 heteroatoms. The second kappa shape index (κ2) is 10.1. The fourth-order valence-corrected chi connectivity index (χ4v) is 2.72. The zero-order valence-electron chi connectivity index (χ0n) is 14.5. The van der Waals surface area contributed by atoms with Gasteiger partial charge in [-0.15, -0.1) is 0 Å². The second-order valence-corrected chi connectivity index (χ2v) is 5.23. The zero-order valence-corrected chi connectivity index (χ0v) is 14.5. The smallest absolute Gasteiger partial charge is 0.0392 e. The summed E-state index contributed by atoms with van der Waals surface area (Å²) in [4.78, 5) is 2.44. The van der Waals surface area contributed by atoms with E-state index in [4.69, 9.17) is 0 Å². The second-order valence-electron chi connectivity index (χ2n) is 5.23. The van der Waals surface area contributed by atoms with Crippen molar-refractivity contribution in [1.82, 2.24) is 4.90 Å². The molecule has 2 aromatic carbocycles. The lowest BCUT2D eigenvalue weighted by molar-refractivity contribution is 0.267. The molecular weight excluding hydrogens is 270 g/mol. The van der Waals surface area contributed by atoms with Gasteiger partial charge in [0.2, 0.25) is 0 Å². The van der Waals surface area contributed by atoms with Crippen molar-refractivity contribution in [1.29, 1.82) is 0 Å². The Bertz CT molecular complexity index is 524. The van der Waals surface area contributed by atoms with Gasteiger partial charge >= 0.3 is 0 Å². The van der Waals surface area contributed by atoms with Crippen LogP contribution in [0, 0.1) is 0 Å². The third kappa shape index (κ3) is 4.97. The molecule has 0 bridgehead atoms. The summed E-state index contributed by atoms with van der Waals surface area (Å²) in [6, 6.07) is 20.1. The van der Waals surface area contributed by atoms with Crippen LogP contribution in [-0.4, -0.2) is 26.2 Å². The number of benzene rings is 2. The normalized spacial score (nSPS) is 16.0. The van der Waals surface area contributed by atoms with Crippen molar-refractivity contribution in [3.8, 4) is 0 Å². The maximum Gasteiger partial charge on any atom is 0.0392 e. The van der Waals surface area contributed by atoms with Crippen molar-refractivity contribution in [3.63, 3.8) is 0 Å². The standard InChI is InChI=1S/C16H17N.C2H6O.C2H6/c1-17-12-14-9-5-6-10-15(14)16(17)11-13-7-3-2-4-8-13;1-3-2;1-2/h2-10,16H,11-12H2,1H3;1-2H3;1-2H3. The van der Waals surface area contributed by atoms with Crippen LogP contribution in [0.1, 0.15) is 36.6 Å². The largest absolute Gasteiger partial charge is 0.388 e. The molecular formula is C20H29NO. The molecule has 0 aliphatic carbocycles. The fraction of sp³-hybridized carbons (Fsp3) is 0.400. The van der Waals surface area contributed by atoms with Gasteiger partial charge in [0.05, 0.1) is 0 Å². The summed E-state index contributed by atoms with van der Waals surface area (Å²) >= 11 is 0. The molecule has 2 nitrogen and oxygen atoms in total. The molecule has 1 unspecified atom stereocenters. The highest BCUT2D eigenvalue weighted by atomic mass is 16.4. The first-order valence-electron chi connectivity index (χ1n) is 7.98. The van der Waals surface area contributed by atoms with Crippen LogP contribution in [0.25, 0.3) is 0 Å². The molecule has 22 heavy (non-hydrogen) atoms. The number of likely N-dealkylation sites (N-methyl/N-ethyl adjacent to an activating group) is 1. The average molecular weight is 299 g/mol. The highest BCUT2D eigenvalue weighted by Gasteiger charge is 2.26. The molecule has 0 N–H and O–H groups in total. The van der Waals surface area contributed by atoms with Crippen molar-refractivity contribution in [2.24, 2.45) is 0 Å². The predicted octanol–water partition coefficient (Wildman–Crippen LogP) is 4.70. The lowest BCUT2D eigenvalue weighted by Gasteiger charge is -2.20. The van der Waals surface area contributed by atoms with Crippen LogP contribution in [0.5, 0.6) is 0 Å². The Morgan fingerprint density at radius 3 is 2.14 bits per heavy atom. The molecule has 2 aromatic rings. The summed E-state index contributed by atoms with van der Waals surface area (Å²) in [6.45, 7) is 5.08. The van der Waals surface area contributed by atoms with E-state index in [2.05, 4.69) is 71.3 Å². The van der Waals surface area contributed by atoms with Crippen LogP contribution in [-0.2, 0) is 17.7 Å². The Kier molecular flexibility index (Phi) is 8.49. The molecule has 0 saturated heterocycles. The number of fused-ring (bicyclic) bond motifs is 1. The van der Waals surface area contributed by atoms with Gasteiger partial charge in [-0.3, -0.25) is 4.90 Å². The summed E-state index contributed by atoms with van der Waals surface area (Å²) in [5, 5.41) is 0. The van der Waals surface area contributed by atoms with E-state index in [9.17, 15) is 0 Å². The molecule has 120 valence electrons. The highest BCUT2D eigenvalue weighted by Crippen LogP contribution is 2.34. The molecule has 0 radical (unpaired) electrons. The van der Waals surface area contributed by atoms with Crippen molar-refractivity contribution in [3.05, 3.63) is 71.3 Å². The Labute approximate surface area is 135 Å². The minimum absolute atomic E-state index is 0.536. The molecule has 1 atom stereocenters. The molecule has 1 heterocycles. The predicted molar refractivity (Wildman–Crippen MR) is 95.1 cm³/mol. The van der Waals surface area contributed by atoms with E-state index in [0.29, 0.717) is 6.04 Å². The number of methoxy groups -OCH3 is 1. The van der Waals surface area contributed by atoms with E-state index in [1.807, 2.05) is 13.8 Å². The maximum absolute atomic E-state index is 4.25. The number of rotatable bonds is 2. The van der Waals surface area contributed by atoms with Gasteiger partial charge in [0.15, 0.2) is 0 Å². The molecule has 0 fully saturated rings. The van der Waals surface area contributed by atoms with E-state index in [-0.39, 0.29) is 0 Å². The van der Waals surface area contributed by atoms with Crippen LogP contribution >= 0.6 is 0 Å².